The standard InChI is InChI=1S/C21H27N3O2S.HI/c1-22-21(23-15-18-8-10-20(11-9-18)27(2,25)26)24-13-12-19(16-24)14-17-6-4-3-5-7-17;/h3-11,19H,12-16H2,1-2H3,(H,22,23);1H. The molecule has 1 atom stereocenters. The lowest BCUT2D eigenvalue weighted by Crippen LogP contribution is -2.39. The first kappa shape index (κ1) is 22.7. The highest BCUT2D eigenvalue weighted by Gasteiger charge is 2.24. The molecule has 1 fully saturated rings. The molecule has 1 aliphatic rings. The van der Waals surface area contributed by atoms with E-state index in [9.17, 15) is 8.42 Å². The minimum atomic E-state index is -3.15. The maximum absolute atomic E-state index is 11.6. The van der Waals surface area contributed by atoms with Crippen LogP contribution in [0.4, 0.5) is 0 Å². The fourth-order valence-electron chi connectivity index (χ4n) is 3.51. The third-order valence-electron chi connectivity index (χ3n) is 4.97. The average molecular weight is 513 g/mol. The Morgan fingerprint density at radius 2 is 1.79 bits per heavy atom. The largest absolute Gasteiger partial charge is 0.352 e. The summed E-state index contributed by atoms with van der Waals surface area (Å²) in [6.45, 7) is 2.63. The molecule has 1 heterocycles. The molecule has 0 radical (unpaired) electrons. The van der Waals surface area contributed by atoms with Crippen molar-refractivity contribution >= 4 is 39.8 Å². The van der Waals surface area contributed by atoms with Gasteiger partial charge in [0.2, 0.25) is 0 Å². The van der Waals surface area contributed by atoms with Crippen molar-refractivity contribution in [1.82, 2.24) is 10.2 Å². The van der Waals surface area contributed by atoms with Crippen molar-refractivity contribution in [1.29, 1.82) is 0 Å². The molecule has 0 amide bonds. The lowest BCUT2D eigenvalue weighted by Gasteiger charge is -2.22. The van der Waals surface area contributed by atoms with E-state index in [1.807, 2.05) is 12.1 Å². The van der Waals surface area contributed by atoms with Crippen molar-refractivity contribution in [3.63, 3.8) is 0 Å². The highest BCUT2D eigenvalue weighted by molar-refractivity contribution is 14.0. The van der Waals surface area contributed by atoms with Gasteiger partial charge in [0.05, 0.1) is 4.90 Å². The number of halogens is 1. The zero-order chi connectivity index (χ0) is 19.3. The quantitative estimate of drug-likeness (QED) is 0.379. The lowest BCUT2D eigenvalue weighted by atomic mass is 9.99. The molecule has 1 saturated heterocycles. The Kier molecular flexibility index (Phi) is 8.30. The highest BCUT2D eigenvalue weighted by Crippen LogP contribution is 2.21. The van der Waals surface area contributed by atoms with Crippen molar-refractivity contribution in [3.05, 3.63) is 65.7 Å². The Morgan fingerprint density at radius 3 is 2.39 bits per heavy atom. The Hall–Kier alpha value is -1.61. The van der Waals surface area contributed by atoms with Crippen LogP contribution >= 0.6 is 24.0 Å². The van der Waals surface area contributed by atoms with Gasteiger partial charge in [-0.05, 0) is 42.0 Å². The van der Waals surface area contributed by atoms with Crippen LogP contribution < -0.4 is 5.32 Å². The minimum absolute atomic E-state index is 0. The second-order valence-corrected chi connectivity index (χ2v) is 9.12. The average Bonchev–Trinajstić information content (AvgIpc) is 3.11. The van der Waals surface area contributed by atoms with Crippen LogP contribution in [0, 0.1) is 5.92 Å². The molecule has 5 nitrogen and oxygen atoms in total. The van der Waals surface area contributed by atoms with E-state index in [-0.39, 0.29) is 24.0 Å². The van der Waals surface area contributed by atoms with E-state index in [1.165, 1.54) is 18.2 Å². The Balaban J connectivity index is 0.00000280. The highest BCUT2D eigenvalue weighted by atomic mass is 127. The SMILES string of the molecule is CN=C(NCc1ccc(S(C)(=O)=O)cc1)N1CCC(Cc2ccccc2)C1.I. The van der Waals surface area contributed by atoms with E-state index in [4.69, 9.17) is 0 Å². The van der Waals surface area contributed by atoms with E-state index in [2.05, 4.69) is 45.5 Å². The zero-order valence-electron chi connectivity index (χ0n) is 16.3. The summed E-state index contributed by atoms with van der Waals surface area (Å²) >= 11 is 0. The number of aliphatic imine (C=N–C) groups is 1. The van der Waals surface area contributed by atoms with Gasteiger partial charge in [-0.15, -0.1) is 24.0 Å². The van der Waals surface area contributed by atoms with Crippen molar-refractivity contribution < 1.29 is 8.42 Å². The molecule has 1 aliphatic heterocycles. The molecule has 1 unspecified atom stereocenters. The maximum atomic E-state index is 11.6. The van der Waals surface area contributed by atoms with Gasteiger partial charge in [0.25, 0.3) is 0 Å². The first-order valence-electron chi connectivity index (χ1n) is 9.24. The molecule has 0 aliphatic carbocycles. The fourth-order valence-corrected chi connectivity index (χ4v) is 4.14. The van der Waals surface area contributed by atoms with Crippen LogP contribution in [0.15, 0.2) is 64.5 Å². The van der Waals surface area contributed by atoms with Crippen LogP contribution in [0.1, 0.15) is 17.5 Å². The summed E-state index contributed by atoms with van der Waals surface area (Å²) in [4.78, 5) is 7.07. The molecule has 3 rings (SSSR count). The number of hydrogen-bond donors (Lipinski definition) is 1. The molecule has 0 bridgehead atoms. The number of guanidine groups is 1. The van der Waals surface area contributed by atoms with E-state index < -0.39 is 9.84 Å². The smallest absolute Gasteiger partial charge is 0.193 e. The lowest BCUT2D eigenvalue weighted by molar-refractivity contribution is 0.460. The second kappa shape index (κ2) is 10.2. The third kappa shape index (κ3) is 6.20. The number of nitrogens with zero attached hydrogens (tertiary/aromatic N) is 2. The van der Waals surface area contributed by atoms with Gasteiger partial charge in [0.15, 0.2) is 15.8 Å². The van der Waals surface area contributed by atoms with Gasteiger partial charge >= 0.3 is 0 Å². The molecule has 7 heteroatoms. The first-order valence-corrected chi connectivity index (χ1v) is 11.1. The van der Waals surface area contributed by atoms with Crippen LogP contribution in [-0.4, -0.2) is 45.7 Å². The van der Waals surface area contributed by atoms with Gasteiger partial charge in [-0.2, -0.15) is 0 Å². The number of hydrogen-bond acceptors (Lipinski definition) is 3. The maximum Gasteiger partial charge on any atom is 0.193 e. The molecule has 1 N–H and O–H groups in total. The third-order valence-corrected chi connectivity index (χ3v) is 6.09. The molecule has 152 valence electrons. The summed E-state index contributed by atoms with van der Waals surface area (Å²) in [5.41, 5.74) is 2.42. The molecular weight excluding hydrogens is 485 g/mol. The van der Waals surface area contributed by atoms with Gasteiger partial charge in [-0.3, -0.25) is 4.99 Å². The van der Waals surface area contributed by atoms with E-state index >= 15 is 0 Å². The van der Waals surface area contributed by atoms with Gasteiger partial charge < -0.3 is 10.2 Å². The number of benzene rings is 2. The molecule has 0 aromatic heterocycles. The predicted octanol–water partition coefficient (Wildman–Crippen LogP) is 3.35. The van der Waals surface area contributed by atoms with E-state index in [0.717, 1.165) is 31.0 Å². The molecule has 28 heavy (non-hydrogen) atoms. The van der Waals surface area contributed by atoms with Crippen molar-refractivity contribution in [2.24, 2.45) is 10.9 Å². The van der Waals surface area contributed by atoms with E-state index in [0.29, 0.717) is 17.4 Å². The molecule has 2 aromatic carbocycles. The second-order valence-electron chi connectivity index (χ2n) is 7.11. The Labute approximate surface area is 185 Å². The van der Waals surface area contributed by atoms with Crippen molar-refractivity contribution in [2.45, 2.75) is 24.3 Å². The van der Waals surface area contributed by atoms with E-state index in [1.54, 1.807) is 19.2 Å². The van der Waals surface area contributed by atoms with Crippen LogP contribution in [-0.2, 0) is 22.8 Å². The number of rotatable bonds is 5. The minimum Gasteiger partial charge on any atom is -0.352 e. The monoisotopic (exact) mass is 513 g/mol. The van der Waals surface area contributed by atoms with Crippen LogP contribution in [0.2, 0.25) is 0 Å². The van der Waals surface area contributed by atoms with Gasteiger partial charge in [-0.1, -0.05) is 42.5 Å². The molecule has 2 aromatic rings. The van der Waals surface area contributed by atoms with Gasteiger partial charge in [-0.25, -0.2) is 8.42 Å². The summed E-state index contributed by atoms with van der Waals surface area (Å²) in [7, 11) is -1.35. The topological polar surface area (TPSA) is 61.8 Å². The van der Waals surface area contributed by atoms with Crippen molar-refractivity contribution in [3.8, 4) is 0 Å². The summed E-state index contributed by atoms with van der Waals surface area (Å²) in [5, 5.41) is 3.40. The number of sulfone groups is 1. The predicted molar refractivity (Wildman–Crippen MR) is 125 cm³/mol. The first-order chi connectivity index (χ1) is 13.0. The normalized spacial score (nSPS) is 17.3. The summed E-state index contributed by atoms with van der Waals surface area (Å²) in [5.74, 6) is 1.54. The molecular formula is C21H28IN3O2S. The Bertz CT molecular complexity index is 884. The molecule has 0 spiro atoms. The van der Waals surface area contributed by atoms with Crippen molar-refractivity contribution in [2.75, 3.05) is 26.4 Å². The molecule has 0 saturated carbocycles. The zero-order valence-corrected chi connectivity index (χ0v) is 19.5. The van der Waals surface area contributed by atoms with Gasteiger partial charge in [0.1, 0.15) is 0 Å². The summed E-state index contributed by atoms with van der Waals surface area (Å²) in [6, 6.07) is 17.6. The summed E-state index contributed by atoms with van der Waals surface area (Å²) < 4.78 is 23.1. The van der Waals surface area contributed by atoms with Crippen LogP contribution in [0.25, 0.3) is 0 Å². The number of nitrogens with one attached hydrogen (secondary N) is 1. The summed E-state index contributed by atoms with van der Waals surface area (Å²) in [6.07, 6.45) is 3.49. The van der Waals surface area contributed by atoms with Crippen LogP contribution in [0.5, 0.6) is 0 Å². The fraction of sp³-hybridized carbons (Fsp3) is 0.381. The van der Waals surface area contributed by atoms with Gasteiger partial charge in [0, 0.05) is 32.9 Å². The number of likely N-dealkylation sites (tertiary alicyclic amines) is 1. The van der Waals surface area contributed by atoms with Crippen LogP contribution in [0.3, 0.4) is 0 Å². The Morgan fingerprint density at radius 1 is 1.11 bits per heavy atom.